The number of rotatable bonds is 6. The van der Waals surface area contributed by atoms with Crippen molar-refractivity contribution >= 4 is 23.4 Å². The Morgan fingerprint density at radius 1 is 1.15 bits per heavy atom. The van der Waals surface area contributed by atoms with Crippen LogP contribution in [0.1, 0.15) is 18.4 Å². The molecule has 1 atom stereocenters. The monoisotopic (exact) mass is 376 g/mol. The summed E-state index contributed by atoms with van der Waals surface area (Å²) in [6, 6.07) is 16.7. The van der Waals surface area contributed by atoms with Crippen LogP contribution in [-0.2, 0) is 11.3 Å². The molecule has 0 radical (unpaired) electrons. The predicted octanol–water partition coefficient (Wildman–Crippen LogP) is 4.85. The molecule has 1 fully saturated rings. The average Bonchev–Trinajstić information content (AvgIpc) is 2.64. The highest BCUT2D eigenvalue weighted by Crippen LogP contribution is 2.26. The van der Waals surface area contributed by atoms with Crippen molar-refractivity contribution in [2.45, 2.75) is 30.0 Å². The molecule has 1 saturated heterocycles. The van der Waals surface area contributed by atoms with Crippen molar-refractivity contribution < 1.29 is 13.6 Å². The van der Waals surface area contributed by atoms with Gasteiger partial charge in [-0.2, -0.15) is 8.78 Å². The van der Waals surface area contributed by atoms with E-state index in [1.54, 1.807) is 12.1 Å². The molecule has 0 spiro atoms. The SMILES string of the molecule is O=C(Nc1ccccc1)C1CCCN(Cc2ccc(SC(F)F)cc2)C1. The number of piperidine rings is 1. The van der Waals surface area contributed by atoms with Gasteiger partial charge < -0.3 is 5.32 Å². The van der Waals surface area contributed by atoms with E-state index in [2.05, 4.69) is 10.2 Å². The number of nitrogens with one attached hydrogen (secondary N) is 1. The quantitative estimate of drug-likeness (QED) is 0.732. The first-order chi connectivity index (χ1) is 12.6. The van der Waals surface area contributed by atoms with Crippen molar-refractivity contribution in [1.82, 2.24) is 4.90 Å². The molecule has 0 saturated carbocycles. The fourth-order valence-electron chi connectivity index (χ4n) is 3.21. The zero-order chi connectivity index (χ0) is 18.4. The molecule has 1 unspecified atom stereocenters. The van der Waals surface area contributed by atoms with Crippen molar-refractivity contribution in [1.29, 1.82) is 0 Å². The Kier molecular flexibility index (Phi) is 6.63. The van der Waals surface area contributed by atoms with Crippen LogP contribution >= 0.6 is 11.8 Å². The van der Waals surface area contributed by atoms with Gasteiger partial charge in [0.25, 0.3) is 5.76 Å². The maximum Gasteiger partial charge on any atom is 0.288 e. The number of nitrogens with zero attached hydrogens (tertiary/aromatic N) is 1. The number of para-hydroxylation sites is 1. The Bertz CT molecular complexity index is 710. The third-order valence-electron chi connectivity index (χ3n) is 4.47. The molecule has 3 rings (SSSR count). The lowest BCUT2D eigenvalue weighted by Crippen LogP contribution is -2.40. The summed E-state index contributed by atoms with van der Waals surface area (Å²) in [7, 11) is 0. The number of carbonyl (C=O) groups excluding carboxylic acids is 1. The highest BCUT2D eigenvalue weighted by molar-refractivity contribution is 7.99. The van der Waals surface area contributed by atoms with Crippen LogP contribution in [0.3, 0.4) is 0 Å². The van der Waals surface area contributed by atoms with Crippen LogP contribution in [0.15, 0.2) is 59.5 Å². The van der Waals surface area contributed by atoms with Gasteiger partial charge in [0, 0.05) is 23.7 Å². The standard InChI is InChI=1S/C20H22F2N2OS/c21-20(22)26-18-10-8-15(9-11-18)13-24-12-4-5-16(14-24)19(25)23-17-6-2-1-3-7-17/h1-3,6-11,16,20H,4-5,12-14H2,(H,23,25). The second-order valence-corrected chi connectivity index (χ2v) is 7.52. The van der Waals surface area contributed by atoms with Crippen LogP contribution < -0.4 is 5.32 Å². The summed E-state index contributed by atoms with van der Waals surface area (Å²) < 4.78 is 24.8. The van der Waals surface area contributed by atoms with Crippen molar-refractivity contribution in [3.63, 3.8) is 0 Å². The number of likely N-dealkylation sites (tertiary alicyclic amines) is 1. The summed E-state index contributed by atoms with van der Waals surface area (Å²) >= 11 is 0.559. The van der Waals surface area contributed by atoms with E-state index in [0.29, 0.717) is 23.2 Å². The van der Waals surface area contributed by atoms with Crippen molar-refractivity contribution in [2.24, 2.45) is 5.92 Å². The third kappa shape index (κ3) is 5.54. The van der Waals surface area contributed by atoms with Gasteiger partial charge in [-0.05, 0) is 49.2 Å². The number of alkyl halides is 2. The molecule has 26 heavy (non-hydrogen) atoms. The van der Waals surface area contributed by atoms with E-state index in [4.69, 9.17) is 0 Å². The average molecular weight is 376 g/mol. The largest absolute Gasteiger partial charge is 0.326 e. The number of carbonyl (C=O) groups is 1. The first kappa shape index (κ1) is 18.9. The number of hydrogen-bond acceptors (Lipinski definition) is 3. The molecule has 3 nitrogen and oxygen atoms in total. The Labute approximate surface area is 156 Å². The highest BCUT2D eigenvalue weighted by atomic mass is 32.2. The second kappa shape index (κ2) is 9.14. The fourth-order valence-corrected chi connectivity index (χ4v) is 3.71. The maximum atomic E-state index is 12.5. The van der Waals surface area contributed by atoms with Gasteiger partial charge in [-0.1, -0.05) is 42.1 Å². The number of anilines is 1. The Balaban J connectivity index is 1.54. The van der Waals surface area contributed by atoms with Crippen LogP contribution in [0.2, 0.25) is 0 Å². The van der Waals surface area contributed by atoms with E-state index in [-0.39, 0.29) is 11.8 Å². The number of halogens is 2. The molecule has 1 aliphatic rings. The van der Waals surface area contributed by atoms with Crippen LogP contribution in [0.25, 0.3) is 0 Å². The maximum absolute atomic E-state index is 12.5. The lowest BCUT2D eigenvalue weighted by atomic mass is 9.96. The van der Waals surface area contributed by atoms with Crippen LogP contribution in [0.4, 0.5) is 14.5 Å². The molecule has 2 aromatic carbocycles. The summed E-state index contributed by atoms with van der Waals surface area (Å²) in [5.74, 6) is -2.37. The summed E-state index contributed by atoms with van der Waals surface area (Å²) in [4.78, 5) is 15.3. The highest BCUT2D eigenvalue weighted by Gasteiger charge is 2.25. The van der Waals surface area contributed by atoms with Crippen molar-refractivity contribution in [3.05, 3.63) is 60.2 Å². The molecule has 1 N–H and O–H groups in total. The van der Waals surface area contributed by atoms with Crippen molar-refractivity contribution in [2.75, 3.05) is 18.4 Å². The molecule has 0 aliphatic carbocycles. The van der Waals surface area contributed by atoms with Gasteiger partial charge >= 0.3 is 0 Å². The summed E-state index contributed by atoms with van der Waals surface area (Å²) in [6.07, 6.45) is 1.87. The normalized spacial score (nSPS) is 18.0. The minimum atomic E-state index is -2.40. The van der Waals surface area contributed by atoms with Gasteiger partial charge in [-0.3, -0.25) is 9.69 Å². The van der Waals surface area contributed by atoms with Crippen LogP contribution in [0.5, 0.6) is 0 Å². The van der Waals surface area contributed by atoms with Crippen LogP contribution in [-0.4, -0.2) is 29.7 Å². The molecule has 6 heteroatoms. The molecule has 2 aromatic rings. The Morgan fingerprint density at radius 3 is 2.58 bits per heavy atom. The number of amides is 1. The Hall–Kier alpha value is -1.92. The molecule has 138 valence electrons. The Morgan fingerprint density at radius 2 is 1.88 bits per heavy atom. The smallest absolute Gasteiger partial charge is 0.288 e. The molecular formula is C20H22F2N2OS. The van der Waals surface area contributed by atoms with Gasteiger partial charge in [0.1, 0.15) is 0 Å². The molecule has 1 aliphatic heterocycles. The first-order valence-electron chi connectivity index (χ1n) is 8.72. The molecule has 0 aromatic heterocycles. The fraction of sp³-hybridized carbons (Fsp3) is 0.350. The van der Waals surface area contributed by atoms with Crippen molar-refractivity contribution in [3.8, 4) is 0 Å². The molecule has 1 amide bonds. The minimum Gasteiger partial charge on any atom is -0.326 e. The van der Waals surface area contributed by atoms with E-state index >= 15 is 0 Å². The van der Waals surface area contributed by atoms with E-state index in [0.717, 1.165) is 37.2 Å². The lowest BCUT2D eigenvalue weighted by Gasteiger charge is -2.32. The molecule has 0 bridgehead atoms. The summed E-state index contributed by atoms with van der Waals surface area (Å²) in [5, 5.41) is 2.98. The van der Waals surface area contributed by atoms with Gasteiger partial charge in [-0.15, -0.1) is 0 Å². The lowest BCUT2D eigenvalue weighted by molar-refractivity contribution is -0.121. The molecule has 1 heterocycles. The van der Waals surface area contributed by atoms with Gasteiger partial charge in [-0.25, -0.2) is 0 Å². The number of benzene rings is 2. The van der Waals surface area contributed by atoms with Gasteiger partial charge in [0.2, 0.25) is 5.91 Å². The number of thioether (sulfide) groups is 1. The van der Waals surface area contributed by atoms with E-state index in [1.165, 1.54) is 0 Å². The first-order valence-corrected chi connectivity index (χ1v) is 9.60. The topological polar surface area (TPSA) is 32.3 Å². The van der Waals surface area contributed by atoms with E-state index in [9.17, 15) is 13.6 Å². The summed E-state index contributed by atoms with van der Waals surface area (Å²) in [5.41, 5.74) is 1.90. The second-order valence-electron chi connectivity index (χ2n) is 6.45. The summed E-state index contributed by atoms with van der Waals surface area (Å²) in [6.45, 7) is 2.39. The van der Waals surface area contributed by atoms with E-state index in [1.807, 2.05) is 42.5 Å². The zero-order valence-electron chi connectivity index (χ0n) is 14.4. The van der Waals surface area contributed by atoms with E-state index < -0.39 is 5.76 Å². The third-order valence-corrected chi connectivity index (χ3v) is 5.19. The zero-order valence-corrected chi connectivity index (χ0v) is 15.2. The predicted molar refractivity (Wildman–Crippen MR) is 101 cm³/mol. The van der Waals surface area contributed by atoms with Gasteiger partial charge in [0.05, 0.1) is 5.92 Å². The number of hydrogen-bond donors (Lipinski definition) is 1. The minimum absolute atomic E-state index is 0.0300. The van der Waals surface area contributed by atoms with Crippen LogP contribution in [0, 0.1) is 5.92 Å². The van der Waals surface area contributed by atoms with Gasteiger partial charge in [0.15, 0.2) is 0 Å². The molecular weight excluding hydrogens is 354 g/mol.